The van der Waals surface area contributed by atoms with Gasteiger partial charge in [0.05, 0.1) is 26.4 Å². The largest absolute Gasteiger partial charge is 1.00 e. The quantitative estimate of drug-likeness (QED) is 0.298. The van der Waals surface area contributed by atoms with E-state index in [1.54, 1.807) is 7.11 Å². The first-order valence-electron chi connectivity index (χ1n) is 3.64. The van der Waals surface area contributed by atoms with Gasteiger partial charge in [0, 0.05) is 13.7 Å². The maximum atomic E-state index is 9.88. The SMILES string of the molecule is COCCOCCOCC[O-].[K+]. The van der Waals surface area contributed by atoms with Crippen LogP contribution in [-0.4, -0.2) is 46.8 Å². The van der Waals surface area contributed by atoms with E-state index in [1.807, 2.05) is 0 Å². The molecule has 0 bridgehead atoms. The van der Waals surface area contributed by atoms with Crippen molar-refractivity contribution in [2.24, 2.45) is 0 Å². The molecule has 0 aliphatic carbocycles. The van der Waals surface area contributed by atoms with Crippen LogP contribution >= 0.6 is 0 Å². The van der Waals surface area contributed by atoms with E-state index in [1.165, 1.54) is 0 Å². The molecule has 12 heavy (non-hydrogen) atoms. The van der Waals surface area contributed by atoms with Crippen molar-refractivity contribution in [3.8, 4) is 0 Å². The van der Waals surface area contributed by atoms with E-state index < -0.39 is 0 Å². The molecule has 0 unspecified atom stereocenters. The monoisotopic (exact) mass is 202 g/mol. The van der Waals surface area contributed by atoms with Crippen molar-refractivity contribution in [2.45, 2.75) is 0 Å². The molecular weight excluding hydrogens is 187 g/mol. The molecule has 0 aliphatic rings. The van der Waals surface area contributed by atoms with Gasteiger partial charge in [-0.05, 0) is 0 Å². The van der Waals surface area contributed by atoms with Crippen molar-refractivity contribution in [1.82, 2.24) is 0 Å². The summed E-state index contributed by atoms with van der Waals surface area (Å²) < 4.78 is 14.7. The van der Waals surface area contributed by atoms with Crippen molar-refractivity contribution in [1.29, 1.82) is 0 Å². The molecule has 0 radical (unpaired) electrons. The topological polar surface area (TPSA) is 50.8 Å². The van der Waals surface area contributed by atoms with Crippen molar-refractivity contribution in [2.75, 3.05) is 46.8 Å². The molecule has 0 aromatic carbocycles. The summed E-state index contributed by atoms with van der Waals surface area (Å²) in [5.74, 6) is 0. The summed E-state index contributed by atoms with van der Waals surface area (Å²) in [6, 6.07) is 0. The second-order valence-electron chi connectivity index (χ2n) is 1.92. The van der Waals surface area contributed by atoms with Crippen LogP contribution in [-0.2, 0) is 14.2 Å². The number of methoxy groups -OCH3 is 1. The Morgan fingerprint density at radius 1 is 0.917 bits per heavy atom. The number of hydrogen-bond acceptors (Lipinski definition) is 4. The third kappa shape index (κ3) is 14.0. The first-order valence-corrected chi connectivity index (χ1v) is 3.64. The molecule has 0 atom stereocenters. The molecule has 0 N–H and O–H groups in total. The van der Waals surface area contributed by atoms with Gasteiger partial charge >= 0.3 is 51.4 Å². The van der Waals surface area contributed by atoms with Crippen LogP contribution in [0, 0.1) is 0 Å². The Morgan fingerprint density at radius 2 is 1.42 bits per heavy atom. The Labute approximate surface area is 116 Å². The molecule has 68 valence electrons. The standard InChI is InChI=1S/C7H15O4.K/c1-9-4-5-11-7-6-10-3-2-8;/h2-7H2,1H3;/q-1;+1. The molecule has 0 saturated heterocycles. The van der Waals surface area contributed by atoms with Gasteiger partial charge in [-0.2, -0.15) is 0 Å². The maximum absolute atomic E-state index is 9.88. The van der Waals surface area contributed by atoms with E-state index in [0.717, 1.165) is 0 Å². The summed E-state index contributed by atoms with van der Waals surface area (Å²) in [6.45, 7) is 2.29. The molecule has 0 heterocycles. The zero-order valence-corrected chi connectivity index (χ0v) is 11.0. The normalized spacial score (nSPS) is 9.50. The Balaban J connectivity index is 0. The molecule has 0 saturated carbocycles. The molecule has 0 aromatic heterocycles. The maximum Gasteiger partial charge on any atom is 1.00 e. The fraction of sp³-hybridized carbons (Fsp3) is 1.00. The Hall–Kier alpha value is 1.48. The Kier molecular flexibility index (Phi) is 19.9. The van der Waals surface area contributed by atoms with E-state index in [9.17, 15) is 5.11 Å². The van der Waals surface area contributed by atoms with Gasteiger partial charge in [0.1, 0.15) is 0 Å². The number of hydrogen-bond donors (Lipinski definition) is 0. The minimum atomic E-state index is -0.182. The fourth-order valence-electron chi connectivity index (χ4n) is 0.523. The Bertz CT molecular complexity index is 64.4. The number of rotatable bonds is 8. The van der Waals surface area contributed by atoms with Crippen LogP contribution in [0.25, 0.3) is 0 Å². The summed E-state index contributed by atoms with van der Waals surface area (Å²) in [5.41, 5.74) is 0. The number of ether oxygens (including phenoxy) is 3. The second kappa shape index (κ2) is 15.0. The van der Waals surface area contributed by atoms with Crippen LogP contribution in [0.1, 0.15) is 0 Å². The van der Waals surface area contributed by atoms with Gasteiger partial charge in [0.15, 0.2) is 0 Å². The summed E-state index contributed by atoms with van der Waals surface area (Å²) >= 11 is 0. The average molecular weight is 202 g/mol. The van der Waals surface area contributed by atoms with Gasteiger partial charge in [0.2, 0.25) is 0 Å². The smallest absolute Gasteiger partial charge is 0.853 e. The first-order chi connectivity index (χ1) is 5.41. The van der Waals surface area contributed by atoms with Gasteiger partial charge in [0.25, 0.3) is 0 Å². The predicted molar refractivity (Wildman–Crippen MR) is 38.4 cm³/mol. The van der Waals surface area contributed by atoms with Crippen LogP contribution in [0.2, 0.25) is 0 Å². The molecule has 0 aliphatic heterocycles. The summed E-state index contributed by atoms with van der Waals surface area (Å²) in [4.78, 5) is 0. The van der Waals surface area contributed by atoms with Gasteiger partial charge in [-0.1, -0.05) is 0 Å². The third-order valence-corrected chi connectivity index (χ3v) is 1.03. The van der Waals surface area contributed by atoms with E-state index in [4.69, 9.17) is 14.2 Å². The predicted octanol–water partition coefficient (Wildman–Crippen LogP) is -3.97. The Morgan fingerprint density at radius 3 is 1.92 bits per heavy atom. The van der Waals surface area contributed by atoms with Crippen LogP contribution < -0.4 is 56.5 Å². The summed E-state index contributed by atoms with van der Waals surface area (Å²) in [6.07, 6.45) is 0. The van der Waals surface area contributed by atoms with Gasteiger partial charge in [-0.25, -0.2) is 0 Å². The van der Waals surface area contributed by atoms with Crippen molar-refractivity contribution in [3.05, 3.63) is 0 Å². The van der Waals surface area contributed by atoms with Crippen LogP contribution in [0.3, 0.4) is 0 Å². The second-order valence-corrected chi connectivity index (χ2v) is 1.92. The average Bonchev–Trinajstić information content (AvgIpc) is 2.03. The fourth-order valence-corrected chi connectivity index (χ4v) is 0.523. The summed E-state index contributed by atoms with van der Waals surface area (Å²) in [5, 5.41) is 9.88. The van der Waals surface area contributed by atoms with Crippen molar-refractivity contribution in [3.63, 3.8) is 0 Å². The third-order valence-electron chi connectivity index (χ3n) is 1.03. The molecule has 4 nitrogen and oxygen atoms in total. The first kappa shape index (κ1) is 15.9. The summed E-state index contributed by atoms with van der Waals surface area (Å²) in [7, 11) is 1.62. The molecule has 5 heteroatoms. The molecule has 0 fully saturated rings. The van der Waals surface area contributed by atoms with E-state index in [-0.39, 0.29) is 64.6 Å². The van der Waals surface area contributed by atoms with Crippen molar-refractivity contribution >= 4 is 0 Å². The van der Waals surface area contributed by atoms with Gasteiger partial charge in [-0.15, -0.1) is 6.61 Å². The van der Waals surface area contributed by atoms with Crippen LogP contribution in [0.15, 0.2) is 0 Å². The van der Waals surface area contributed by atoms with E-state index >= 15 is 0 Å². The molecule has 0 amide bonds. The zero-order valence-electron chi connectivity index (χ0n) is 7.88. The molecular formula is C7H15KO4. The van der Waals surface area contributed by atoms with Gasteiger partial charge in [-0.3, -0.25) is 0 Å². The molecule has 0 spiro atoms. The molecule has 0 aromatic rings. The van der Waals surface area contributed by atoms with Gasteiger partial charge < -0.3 is 19.3 Å². The van der Waals surface area contributed by atoms with Crippen LogP contribution in [0.5, 0.6) is 0 Å². The minimum Gasteiger partial charge on any atom is -0.853 e. The molecule has 0 rings (SSSR count). The van der Waals surface area contributed by atoms with Crippen LogP contribution in [0.4, 0.5) is 0 Å². The van der Waals surface area contributed by atoms with Crippen molar-refractivity contribution < 1.29 is 70.7 Å². The van der Waals surface area contributed by atoms with E-state index in [0.29, 0.717) is 26.4 Å². The minimum absolute atomic E-state index is 0. The zero-order chi connectivity index (χ0) is 8.36. The van der Waals surface area contributed by atoms with E-state index in [2.05, 4.69) is 0 Å².